The first-order chi connectivity index (χ1) is 16.4. The monoisotopic (exact) mass is 466 g/mol. The van der Waals surface area contributed by atoms with Gasteiger partial charge in [0, 0.05) is 57.0 Å². The van der Waals surface area contributed by atoms with E-state index in [1.165, 1.54) is 7.11 Å². The fourth-order valence-corrected chi connectivity index (χ4v) is 4.91. The van der Waals surface area contributed by atoms with Crippen LogP contribution in [0.5, 0.6) is 11.6 Å². The number of likely N-dealkylation sites (tertiary alicyclic amines) is 2. The molecule has 1 aromatic carbocycles. The molecule has 3 heterocycles. The van der Waals surface area contributed by atoms with E-state index in [9.17, 15) is 9.59 Å². The number of nitrogens with zero attached hydrogens (tertiary/aromatic N) is 4. The van der Waals surface area contributed by atoms with Crippen molar-refractivity contribution in [1.29, 1.82) is 0 Å². The summed E-state index contributed by atoms with van der Waals surface area (Å²) in [5.74, 6) is 1.49. The molecule has 2 aromatic rings. The second-order valence-electron chi connectivity index (χ2n) is 9.58. The summed E-state index contributed by atoms with van der Waals surface area (Å²) in [6.45, 7) is 6.63. The molecule has 0 bridgehead atoms. The predicted octanol–water partition coefficient (Wildman–Crippen LogP) is 3.56. The first kappa shape index (κ1) is 24.1. The van der Waals surface area contributed by atoms with Crippen LogP contribution in [0.2, 0.25) is 0 Å². The highest BCUT2D eigenvalue weighted by molar-refractivity contribution is 5.83. The van der Waals surface area contributed by atoms with Crippen molar-refractivity contribution < 1.29 is 19.1 Å². The normalized spacial score (nSPS) is 20.1. The van der Waals surface area contributed by atoms with Gasteiger partial charge in [-0.1, -0.05) is 25.1 Å². The number of hydrogen-bond donors (Lipinski definition) is 0. The van der Waals surface area contributed by atoms with Crippen LogP contribution in [0.25, 0.3) is 0 Å². The summed E-state index contributed by atoms with van der Waals surface area (Å²) in [4.78, 5) is 38.6. The first-order valence-electron chi connectivity index (χ1n) is 12.0. The molecule has 2 aliphatic heterocycles. The lowest BCUT2D eigenvalue weighted by Crippen LogP contribution is -2.52. The fraction of sp³-hybridized carbons (Fsp3) is 0.538. The van der Waals surface area contributed by atoms with Crippen LogP contribution < -0.4 is 4.74 Å². The van der Waals surface area contributed by atoms with Gasteiger partial charge in [-0.15, -0.1) is 0 Å². The van der Waals surface area contributed by atoms with Gasteiger partial charge in [-0.05, 0) is 44.2 Å². The molecule has 0 radical (unpaired) electrons. The number of benzene rings is 1. The molecule has 2 amide bonds. The summed E-state index contributed by atoms with van der Waals surface area (Å²) >= 11 is 0. The Bertz CT molecular complexity index is 1020. The molecule has 2 fully saturated rings. The lowest BCUT2D eigenvalue weighted by molar-refractivity contribution is -0.149. The molecule has 0 N–H and O–H groups in total. The van der Waals surface area contributed by atoms with Gasteiger partial charge < -0.3 is 19.3 Å². The van der Waals surface area contributed by atoms with E-state index in [1.807, 2.05) is 43.0 Å². The minimum atomic E-state index is -0.464. The van der Waals surface area contributed by atoms with Crippen LogP contribution in [-0.2, 0) is 14.3 Å². The summed E-state index contributed by atoms with van der Waals surface area (Å²) in [6, 6.07) is 7.84. The molecule has 0 saturated carbocycles. The third kappa shape index (κ3) is 5.22. The number of methoxy groups -OCH3 is 1. The molecular weight excluding hydrogens is 432 g/mol. The Kier molecular flexibility index (Phi) is 7.46. The quantitative estimate of drug-likeness (QED) is 0.647. The Morgan fingerprint density at radius 1 is 1.09 bits per heavy atom. The van der Waals surface area contributed by atoms with Gasteiger partial charge in [0.25, 0.3) is 0 Å². The highest BCUT2D eigenvalue weighted by Crippen LogP contribution is 2.37. The van der Waals surface area contributed by atoms with Gasteiger partial charge in [-0.2, -0.15) is 0 Å². The Hall–Kier alpha value is -3.00. The second kappa shape index (κ2) is 10.5. The summed E-state index contributed by atoms with van der Waals surface area (Å²) in [5, 5.41) is 0. The lowest BCUT2D eigenvalue weighted by Gasteiger charge is -2.43. The van der Waals surface area contributed by atoms with Crippen LogP contribution >= 0.6 is 0 Å². The Labute approximate surface area is 201 Å². The molecule has 2 saturated heterocycles. The van der Waals surface area contributed by atoms with Crippen LogP contribution in [0.15, 0.2) is 36.7 Å². The number of amides is 2. The van der Waals surface area contributed by atoms with E-state index in [0.717, 1.165) is 36.4 Å². The molecule has 4 rings (SSSR count). The number of aryl methyl sites for hydroxylation is 1. The molecule has 1 aromatic heterocycles. The highest BCUT2D eigenvalue weighted by atomic mass is 16.5. The minimum absolute atomic E-state index is 0.0149. The zero-order chi connectivity index (χ0) is 24.1. The molecule has 34 heavy (non-hydrogen) atoms. The third-order valence-corrected chi connectivity index (χ3v) is 7.09. The van der Waals surface area contributed by atoms with Crippen LogP contribution in [0.3, 0.4) is 0 Å². The van der Waals surface area contributed by atoms with E-state index in [1.54, 1.807) is 17.3 Å². The molecule has 0 unspecified atom stereocenters. The standard InChI is InChI=1S/C26H34N4O4/c1-19-7-4-5-9-21(19)34-24-23(27-12-13-28-24)20-8-6-14-30(17-20)25(32)26(2)10-15-29(16-11-26)22(31)18-33-3/h4-5,7,9,12-13,20H,6,8,10-11,14-18H2,1-3H3/t20-/m1/s1. The van der Waals surface area contributed by atoms with E-state index in [-0.39, 0.29) is 24.3 Å². The maximum Gasteiger partial charge on any atom is 0.248 e. The zero-order valence-corrected chi connectivity index (χ0v) is 20.3. The Morgan fingerprint density at radius 2 is 1.82 bits per heavy atom. The van der Waals surface area contributed by atoms with Crippen LogP contribution in [0.1, 0.15) is 49.8 Å². The highest BCUT2D eigenvalue weighted by Gasteiger charge is 2.42. The zero-order valence-electron chi connectivity index (χ0n) is 20.3. The van der Waals surface area contributed by atoms with Crippen molar-refractivity contribution in [3.8, 4) is 11.6 Å². The largest absolute Gasteiger partial charge is 0.437 e. The lowest BCUT2D eigenvalue weighted by atomic mass is 9.78. The van der Waals surface area contributed by atoms with Gasteiger partial charge in [0.2, 0.25) is 17.7 Å². The van der Waals surface area contributed by atoms with Crippen LogP contribution in [0, 0.1) is 12.3 Å². The number of piperidine rings is 2. The number of carbonyl (C=O) groups is 2. The Morgan fingerprint density at radius 3 is 2.56 bits per heavy atom. The van der Waals surface area contributed by atoms with Crippen molar-refractivity contribution in [2.75, 3.05) is 39.9 Å². The van der Waals surface area contributed by atoms with Gasteiger partial charge in [0.05, 0.1) is 0 Å². The van der Waals surface area contributed by atoms with Gasteiger partial charge in [-0.25, -0.2) is 4.98 Å². The maximum atomic E-state index is 13.6. The van der Waals surface area contributed by atoms with Gasteiger partial charge in [0.1, 0.15) is 18.1 Å². The van der Waals surface area contributed by atoms with Crippen LogP contribution in [0.4, 0.5) is 0 Å². The van der Waals surface area contributed by atoms with Crippen molar-refractivity contribution in [2.24, 2.45) is 5.41 Å². The van der Waals surface area contributed by atoms with E-state index in [0.29, 0.717) is 38.4 Å². The van der Waals surface area contributed by atoms with Gasteiger partial charge in [0.15, 0.2) is 0 Å². The van der Waals surface area contributed by atoms with Crippen molar-refractivity contribution in [3.63, 3.8) is 0 Å². The van der Waals surface area contributed by atoms with Crippen molar-refractivity contribution >= 4 is 11.8 Å². The molecule has 8 nitrogen and oxygen atoms in total. The molecule has 1 atom stereocenters. The number of para-hydroxylation sites is 1. The van der Waals surface area contributed by atoms with Gasteiger partial charge in [-0.3, -0.25) is 14.6 Å². The van der Waals surface area contributed by atoms with Gasteiger partial charge >= 0.3 is 0 Å². The maximum absolute atomic E-state index is 13.6. The topological polar surface area (TPSA) is 84.9 Å². The molecule has 0 aliphatic carbocycles. The molecule has 8 heteroatoms. The molecule has 0 spiro atoms. The Balaban J connectivity index is 1.45. The SMILES string of the molecule is COCC(=O)N1CCC(C)(C(=O)N2CCC[C@@H](c3nccnc3Oc3ccccc3C)C2)CC1. The third-order valence-electron chi connectivity index (χ3n) is 7.09. The molecular formula is C26H34N4O4. The number of ether oxygens (including phenoxy) is 2. The minimum Gasteiger partial charge on any atom is -0.437 e. The number of hydrogen-bond acceptors (Lipinski definition) is 6. The summed E-state index contributed by atoms with van der Waals surface area (Å²) in [7, 11) is 1.52. The smallest absolute Gasteiger partial charge is 0.248 e. The molecule has 2 aliphatic rings. The van der Waals surface area contributed by atoms with Crippen molar-refractivity contribution in [3.05, 3.63) is 47.9 Å². The second-order valence-corrected chi connectivity index (χ2v) is 9.58. The van der Waals surface area contributed by atoms with Crippen LogP contribution in [-0.4, -0.2) is 71.5 Å². The van der Waals surface area contributed by atoms with Crippen molar-refractivity contribution in [1.82, 2.24) is 19.8 Å². The predicted molar refractivity (Wildman–Crippen MR) is 128 cm³/mol. The van der Waals surface area contributed by atoms with E-state index in [2.05, 4.69) is 9.97 Å². The summed E-state index contributed by atoms with van der Waals surface area (Å²) in [5.41, 5.74) is 1.37. The number of carbonyl (C=O) groups excluding carboxylic acids is 2. The summed E-state index contributed by atoms with van der Waals surface area (Å²) in [6.07, 6.45) is 6.50. The molecule has 182 valence electrons. The number of rotatable bonds is 6. The van der Waals surface area contributed by atoms with E-state index < -0.39 is 5.41 Å². The average Bonchev–Trinajstić information content (AvgIpc) is 2.86. The fourth-order valence-electron chi connectivity index (χ4n) is 4.91. The van der Waals surface area contributed by atoms with Crippen molar-refractivity contribution in [2.45, 2.75) is 45.4 Å². The van der Waals surface area contributed by atoms with E-state index in [4.69, 9.17) is 9.47 Å². The average molecular weight is 467 g/mol. The van der Waals surface area contributed by atoms with E-state index >= 15 is 0 Å². The summed E-state index contributed by atoms with van der Waals surface area (Å²) < 4.78 is 11.1. The first-order valence-corrected chi connectivity index (χ1v) is 12.0. The number of aromatic nitrogens is 2.